The van der Waals surface area contributed by atoms with Crippen molar-refractivity contribution < 1.29 is 14.3 Å². The predicted molar refractivity (Wildman–Crippen MR) is 77.2 cm³/mol. The second-order valence-electron chi connectivity index (χ2n) is 5.66. The van der Waals surface area contributed by atoms with Crippen LogP contribution in [0.1, 0.15) is 47.2 Å². The number of carbonyl (C=O) groups is 2. The Balaban J connectivity index is 2.17. The van der Waals surface area contributed by atoms with E-state index in [2.05, 4.69) is 30.7 Å². The van der Waals surface area contributed by atoms with Crippen LogP contribution in [0.2, 0.25) is 0 Å². The van der Waals surface area contributed by atoms with Gasteiger partial charge < -0.3 is 15.5 Å². The summed E-state index contributed by atoms with van der Waals surface area (Å²) in [5.41, 5.74) is 6.59. The molecule has 0 atom stereocenters. The van der Waals surface area contributed by atoms with Gasteiger partial charge in [-0.1, -0.05) is 32.9 Å². The van der Waals surface area contributed by atoms with Crippen molar-refractivity contribution in [2.24, 2.45) is 5.73 Å². The van der Waals surface area contributed by atoms with Gasteiger partial charge in [0, 0.05) is 0 Å². The van der Waals surface area contributed by atoms with Crippen molar-refractivity contribution in [1.82, 2.24) is 9.97 Å². The molecule has 1 aromatic heterocycles. The van der Waals surface area contributed by atoms with Gasteiger partial charge in [-0.3, -0.25) is 4.79 Å². The van der Waals surface area contributed by atoms with E-state index in [1.165, 1.54) is 6.33 Å². The molecule has 0 aliphatic heterocycles. The molecule has 1 aromatic carbocycles. The van der Waals surface area contributed by atoms with E-state index in [-0.39, 0.29) is 17.0 Å². The van der Waals surface area contributed by atoms with Crippen LogP contribution in [0.4, 0.5) is 0 Å². The predicted octanol–water partition coefficient (Wildman–Crippen LogP) is 2.03. The second-order valence-corrected chi connectivity index (χ2v) is 5.66. The summed E-state index contributed by atoms with van der Waals surface area (Å²) in [6.07, 6.45) is 1.24. The van der Waals surface area contributed by atoms with Gasteiger partial charge in [-0.25, -0.2) is 9.78 Å². The zero-order chi connectivity index (χ0) is 15.6. The molecule has 1 heterocycles. The molecule has 0 spiro atoms. The summed E-state index contributed by atoms with van der Waals surface area (Å²) in [4.78, 5) is 29.4. The first-order valence-corrected chi connectivity index (χ1v) is 6.45. The summed E-state index contributed by atoms with van der Waals surface area (Å²) in [5, 5.41) is 0. The van der Waals surface area contributed by atoms with Crippen molar-refractivity contribution >= 4 is 11.9 Å². The molecule has 6 heteroatoms. The number of carbonyl (C=O) groups excluding carboxylic acids is 2. The summed E-state index contributed by atoms with van der Waals surface area (Å²) in [6.45, 7) is 6.26. The third kappa shape index (κ3) is 3.28. The summed E-state index contributed by atoms with van der Waals surface area (Å²) < 4.78 is 5.08. The molecule has 3 N–H and O–H groups in total. The van der Waals surface area contributed by atoms with Crippen molar-refractivity contribution in [3.8, 4) is 5.88 Å². The highest BCUT2D eigenvalue weighted by Gasteiger charge is 2.18. The minimum atomic E-state index is -0.738. The van der Waals surface area contributed by atoms with Crippen LogP contribution < -0.4 is 10.5 Å². The van der Waals surface area contributed by atoms with Crippen LogP contribution in [-0.4, -0.2) is 21.8 Å². The number of benzene rings is 1. The van der Waals surface area contributed by atoms with Gasteiger partial charge in [0.2, 0.25) is 0 Å². The first kappa shape index (κ1) is 14.8. The highest BCUT2D eigenvalue weighted by Crippen LogP contribution is 2.22. The molecular formula is C15H17N3O3. The third-order valence-corrected chi connectivity index (χ3v) is 3.03. The summed E-state index contributed by atoms with van der Waals surface area (Å²) in [7, 11) is 0. The number of nitrogens with two attached hydrogens (primary N) is 1. The van der Waals surface area contributed by atoms with Crippen LogP contribution in [0.3, 0.4) is 0 Å². The molecule has 2 rings (SSSR count). The summed E-state index contributed by atoms with van der Waals surface area (Å²) >= 11 is 0. The van der Waals surface area contributed by atoms with Gasteiger partial charge in [-0.15, -0.1) is 0 Å². The lowest BCUT2D eigenvalue weighted by Gasteiger charge is -2.18. The Morgan fingerprint density at radius 3 is 2.33 bits per heavy atom. The highest BCUT2D eigenvalue weighted by molar-refractivity contribution is 5.96. The standard InChI is InChI=1S/C15H17N3O3/c1-15(2,3)10-6-4-9(5-7-10)14(20)21-13-11(12(16)19)17-8-18-13/h4-8H,1-3H3,(H2,16,19)(H,17,18). The zero-order valence-electron chi connectivity index (χ0n) is 12.1. The monoisotopic (exact) mass is 287 g/mol. The average molecular weight is 287 g/mol. The molecule has 0 bridgehead atoms. The number of nitrogens with zero attached hydrogens (tertiary/aromatic N) is 1. The van der Waals surface area contributed by atoms with E-state index in [0.717, 1.165) is 5.56 Å². The highest BCUT2D eigenvalue weighted by atomic mass is 16.5. The molecule has 110 valence electrons. The number of aromatic amines is 1. The summed E-state index contributed by atoms with van der Waals surface area (Å²) in [5.74, 6) is -1.45. The van der Waals surface area contributed by atoms with Crippen LogP contribution in [0.15, 0.2) is 30.6 Å². The number of H-pyrrole nitrogens is 1. The maximum absolute atomic E-state index is 12.0. The Bertz CT molecular complexity index is 666. The lowest BCUT2D eigenvalue weighted by molar-refractivity contribution is 0.0726. The van der Waals surface area contributed by atoms with Gasteiger partial charge in [0.05, 0.1) is 11.9 Å². The lowest BCUT2D eigenvalue weighted by atomic mass is 9.87. The van der Waals surface area contributed by atoms with Crippen LogP contribution in [0, 0.1) is 0 Å². The fraction of sp³-hybridized carbons (Fsp3) is 0.267. The van der Waals surface area contributed by atoms with E-state index in [1.807, 2.05) is 12.1 Å². The average Bonchev–Trinajstić information content (AvgIpc) is 2.86. The minimum Gasteiger partial charge on any atom is -0.401 e. The normalized spacial score (nSPS) is 11.2. The van der Waals surface area contributed by atoms with Crippen molar-refractivity contribution in [2.45, 2.75) is 26.2 Å². The van der Waals surface area contributed by atoms with Crippen molar-refractivity contribution in [3.63, 3.8) is 0 Å². The smallest absolute Gasteiger partial charge is 0.344 e. The SMILES string of the molecule is CC(C)(C)c1ccc(C(=O)Oc2nc[nH]c2C(N)=O)cc1. The molecule has 0 aliphatic rings. The van der Waals surface area contributed by atoms with E-state index < -0.39 is 11.9 Å². The number of aromatic nitrogens is 2. The number of hydrogen-bond donors (Lipinski definition) is 2. The number of nitrogens with one attached hydrogen (secondary N) is 1. The third-order valence-electron chi connectivity index (χ3n) is 3.03. The Morgan fingerprint density at radius 1 is 1.19 bits per heavy atom. The Morgan fingerprint density at radius 2 is 1.81 bits per heavy atom. The number of rotatable bonds is 3. The number of ether oxygens (including phenoxy) is 1. The molecule has 0 fully saturated rings. The second kappa shape index (κ2) is 5.40. The largest absolute Gasteiger partial charge is 0.401 e. The first-order chi connectivity index (χ1) is 9.79. The van der Waals surface area contributed by atoms with Gasteiger partial charge in [0.15, 0.2) is 5.69 Å². The van der Waals surface area contributed by atoms with Crippen LogP contribution in [-0.2, 0) is 5.41 Å². The molecule has 0 radical (unpaired) electrons. The first-order valence-electron chi connectivity index (χ1n) is 6.45. The fourth-order valence-electron chi connectivity index (χ4n) is 1.79. The minimum absolute atomic E-state index is 0.00374. The molecule has 2 aromatic rings. The van der Waals surface area contributed by atoms with Gasteiger partial charge in [0.1, 0.15) is 0 Å². The van der Waals surface area contributed by atoms with E-state index in [1.54, 1.807) is 12.1 Å². The number of hydrogen-bond acceptors (Lipinski definition) is 4. The van der Waals surface area contributed by atoms with Gasteiger partial charge in [0.25, 0.3) is 11.8 Å². The van der Waals surface area contributed by atoms with Crippen LogP contribution in [0.5, 0.6) is 5.88 Å². The number of primary amides is 1. The molecule has 1 amide bonds. The molecule has 0 aliphatic carbocycles. The quantitative estimate of drug-likeness (QED) is 0.844. The molecule has 21 heavy (non-hydrogen) atoms. The van der Waals surface area contributed by atoms with Crippen LogP contribution in [0.25, 0.3) is 0 Å². The summed E-state index contributed by atoms with van der Waals surface area (Å²) in [6, 6.07) is 7.10. The van der Waals surface area contributed by atoms with Gasteiger partial charge in [-0.05, 0) is 23.1 Å². The van der Waals surface area contributed by atoms with Crippen molar-refractivity contribution in [1.29, 1.82) is 0 Å². The van der Waals surface area contributed by atoms with E-state index >= 15 is 0 Å². The Hall–Kier alpha value is -2.63. The van der Waals surface area contributed by atoms with E-state index in [4.69, 9.17) is 10.5 Å². The number of imidazole rings is 1. The number of esters is 1. The maximum Gasteiger partial charge on any atom is 0.344 e. The van der Waals surface area contributed by atoms with Gasteiger partial charge >= 0.3 is 5.97 Å². The molecule has 0 saturated heterocycles. The Labute approximate surface area is 122 Å². The lowest BCUT2D eigenvalue weighted by Crippen LogP contribution is -2.16. The van der Waals surface area contributed by atoms with Gasteiger partial charge in [-0.2, -0.15) is 0 Å². The topological polar surface area (TPSA) is 98.1 Å². The molecule has 0 unspecified atom stereocenters. The zero-order valence-corrected chi connectivity index (χ0v) is 12.1. The Kier molecular flexibility index (Phi) is 3.80. The van der Waals surface area contributed by atoms with E-state index in [0.29, 0.717) is 5.56 Å². The number of amides is 1. The molecular weight excluding hydrogens is 270 g/mol. The molecule has 6 nitrogen and oxygen atoms in total. The van der Waals surface area contributed by atoms with Crippen molar-refractivity contribution in [3.05, 3.63) is 47.4 Å². The van der Waals surface area contributed by atoms with Crippen molar-refractivity contribution in [2.75, 3.05) is 0 Å². The molecule has 0 saturated carbocycles. The van der Waals surface area contributed by atoms with Crippen LogP contribution >= 0.6 is 0 Å². The van der Waals surface area contributed by atoms with E-state index in [9.17, 15) is 9.59 Å². The fourth-order valence-corrected chi connectivity index (χ4v) is 1.79. The maximum atomic E-state index is 12.0.